The SMILES string of the molecule is COc1cccc(Cn2nccc2NC(=O)COc2ccc(CC#N)cc2)c1OC. The van der Waals surface area contributed by atoms with E-state index in [1.807, 2.05) is 18.2 Å². The maximum Gasteiger partial charge on any atom is 0.263 e. The molecular formula is C22H22N4O4. The van der Waals surface area contributed by atoms with Gasteiger partial charge in [0.2, 0.25) is 0 Å². The van der Waals surface area contributed by atoms with Crippen LogP contribution in [0.25, 0.3) is 0 Å². The van der Waals surface area contributed by atoms with Gasteiger partial charge in [0.15, 0.2) is 18.1 Å². The molecule has 8 nitrogen and oxygen atoms in total. The number of hydrogen-bond donors (Lipinski definition) is 1. The van der Waals surface area contributed by atoms with E-state index >= 15 is 0 Å². The van der Waals surface area contributed by atoms with Crippen molar-refractivity contribution in [3.05, 3.63) is 65.9 Å². The zero-order chi connectivity index (χ0) is 21.3. The predicted octanol–water partition coefficient (Wildman–Crippen LogP) is 3.03. The average molecular weight is 406 g/mol. The van der Waals surface area contributed by atoms with Crippen LogP contribution in [-0.2, 0) is 17.8 Å². The monoisotopic (exact) mass is 406 g/mol. The Bertz CT molecular complexity index is 1040. The Morgan fingerprint density at radius 3 is 2.63 bits per heavy atom. The van der Waals surface area contributed by atoms with E-state index in [0.717, 1.165) is 11.1 Å². The lowest BCUT2D eigenvalue weighted by Gasteiger charge is -2.14. The summed E-state index contributed by atoms with van der Waals surface area (Å²) in [7, 11) is 3.16. The number of carbonyl (C=O) groups is 1. The number of hydrogen-bond acceptors (Lipinski definition) is 6. The van der Waals surface area contributed by atoms with Gasteiger partial charge in [0, 0.05) is 11.6 Å². The van der Waals surface area contributed by atoms with Gasteiger partial charge in [-0.05, 0) is 23.8 Å². The van der Waals surface area contributed by atoms with Gasteiger partial charge in [0.05, 0.1) is 39.5 Å². The summed E-state index contributed by atoms with van der Waals surface area (Å²) < 4.78 is 18.0. The van der Waals surface area contributed by atoms with Gasteiger partial charge in [-0.3, -0.25) is 4.79 Å². The molecule has 1 heterocycles. The molecule has 1 N–H and O–H groups in total. The molecule has 0 atom stereocenters. The van der Waals surface area contributed by atoms with Gasteiger partial charge in [-0.25, -0.2) is 4.68 Å². The van der Waals surface area contributed by atoms with Crippen LogP contribution in [0, 0.1) is 11.3 Å². The zero-order valence-electron chi connectivity index (χ0n) is 16.8. The summed E-state index contributed by atoms with van der Waals surface area (Å²) in [6.07, 6.45) is 1.94. The molecule has 3 aromatic rings. The third kappa shape index (κ3) is 5.08. The first-order chi connectivity index (χ1) is 14.6. The van der Waals surface area contributed by atoms with E-state index in [1.165, 1.54) is 0 Å². The number of ether oxygens (including phenoxy) is 3. The molecule has 154 valence electrons. The Morgan fingerprint density at radius 1 is 1.13 bits per heavy atom. The van der Waals surface area contributed by atoms with E-state index < -0.39 is 0 Å². The number of amides is 1. The van der Waals surface area contributed by atoms with Crippen LogP contribution in [0.2, 0.25) is 0 Å². The minimum absolute atomic E-state index is 0.148. The number of anilines is 1. The van der Waals surface area contributed by atoms with Crippen molar-refractivity contribution in [2.75, 3.05) is 26.1 Å². The minimum atomic E-state index is -0.310. The smallest absolute Gasteiger partial charge is 0.263 e. The average Bonchev–Trinajstić information content (AvgIpc) is 3.19. The van der Waals surface area contributed by atoms with Gasteiger partial charge in [-0.1, -0.05) is 24.3 Å². The standard InChI is InChI=1S/C22H22N4O4/c1-28-19-5-3-4-17(22(19)29-2)14-26-20(11-13-24-26)25-21(27)15-30-18-8-6-16(7-9-18)10-12-23/h3-9,11,13H,10,14-15H2,1-2H3,(H,25,27). The molecular weight excluding hydrogens is 384 g/mol. The summed E-state index contributed by atoms with van der Waals surface area (Å²) in [5, 5.41) is 15.8. The number of para-hydroxylation sites is 1. The first-order valence-corrected chi connectivity index (χ1v) is 9.24. The molecule has 0 aliphatic heterocycles. The summed E-state index contributed by atoms with van der Waals surface area (Å²) in [6, 6.07) is 16.5. The van der Waals surface area contributed by atoms with Crippen LogP contribution in [0.15, 0.2) is 54.7 Å². The first-order valence-electron chi connectivity index (χ1n) is 9.24. The fourth-order valence-electron chi connectivity index (χ4n) is 2.93. The van der Waals surface area contributed by atoms with Crippen LogP contribution in [-0.4, -0.2) is 36.5 Å². The molecule has 0 spiro atoms. The van der Waals surface area contributed by atoms with Gasteiger partial charge in [-0.2, -0.15) is 10.4 Å². The Balaban J connectivity index is 1.62. The number of rotatable bonds is 9. The number of nitriles is 1. The lowest BCUT2D eigenvalue weighted by Crippen LogP contribution is -2.22. The zero-order valence-corrected chi connectivity index (χ0v) is 16.8. The topological polar surface area (TPSA) is 98.4 Å². The van der Waals surface area contributed by atoms with Gasteiger partial charge in [0.1, 0.15) is 11.6 Å². The van der Waals surface area contributed by atoms with E-state index in [4.69, 9.17) is 19.5 Å². The Morgan fingerprint density at radius 2 is 1.93 bits per heavy atom. The Kier molecular flexibility index (Phi) is 6.90. The van der Waals surface area contributed by atoms with Crippen molar-refractivity contribution >= 4 is 11.7 Å². The molecule has 0 bridgehead atoms. The third-order valence-electron chi connectivity index (χ3n) is 4.37. The van der Waals surface area contributed by atoms with E-state index in [-0.39, 0.29) is 12.5 Å². The predicted molar refractivity (Wildman–Crippen MR) is 111 cm³/mol. The second-order valence-electron chi connectivity index (χ2n) is 6.34. The molecule has 0 saturated heterocycles. The van der Waals surface area contributed by atoms with Crippen molar-refractivity contribution in [3.63, 3.8) is 0 Å². The lowest BCUT2D eigenvalue weighted by molar-refractivity contribution is -0.118. The van der Waals surface area contributed by atoms with Gasteiger partial charge in [-0.15, -0.1) is 0 Å². The normalized spacial score (nSPS) is 10.2. The van der Waals surface area contributed by atoms with Crippen LogP contribution in [0.3, 0.4) is 0 Å². The molecule has 0 aliphatic rings. The van der Waals surface area contributed by atoms with Crippen LogP contribution >= 0.6 is 0 Å². The van der Waals surface area contributed by atoms with Gasteiger partial charge >= 0.3 is 0 Å². The number of carbonyl (C=O) groups excluding carboxylic acids is 1. The van der Waals surface area contributed by atoms with E-state index in [2.05, 4.69) is 16.5 Å². The van der Waals surface area contributed by atoms with E-state index in [1.54, 1.807) is 55.4 Å². The van der Waals surface area contributed by atoms with E-state index in [0.29, 0.717) is 36.0 Å². The highest BCUT2D eigenvalue weighted by Crippen LogP contribution is 2.31. The first kappa shape index (κ1) is 20.7. The van der Waals surface area contributed by atoms with Crippen LogP contribution in [0.1, 0.15) is 11.1 Å². The maximum atomic E-state index is 12.3. The molecule has 0 saturated carbocycles. The van der Waals surface area contributed by atoms with Crippen molar-refractivity contribution in [2.45, 2.75) is 13.0 Å². The van der Waals surface area contributed by atoms with Crippen LogP contribution in [0.5, 0.6) is 17.2 Å². The highest BCUT2D eigenvalue weighted by Gasteiger charge is 2.13. The molecule has 0 aliphatic carbocycles. The lowest BCUT2D eigenvalue weighted by atomic mass is 10.2. The molecule has 30 heavy (non-hydrogen) atoms. The van der Waals surface area contributed by atoms with Gasteiger partial charge in [0.25, 0.3) is 5.91 Å². The molecule has 8 heteroatoms. The van der Waals surface area contributed by atoms with Crippen molar-refractivity contribution < 1.29 is 19.0 Å². The highest BCUT2D eigenvalue weighted by molar-refractivity contribution is 5.91. The fraction of sp³-hybridized carbons (Fsp3) is 0.227. The van der Waals surface area contributed by atoms with Crippen LogP contribution < -0.4 is 19.5 Å². The molecule has 3 rings (SSSR count). The molecule has 2 aromatic carbocycles. The number of methoxy groups -OCH3 is 2. The second-order valence-corrected chi connectivity index (χ2v) is 6.34. The molecule has 0 radical (unpaired) electrons. The Labute approximate surface area is 174 Å². The van der Waals surface area contributed by atoms with Crippen molar-refractivity contribution in [1.29, 1.82) is 5.26 Å². The minimum Gasteiger partial charge on any atom is -0.493 e. The number of benzene rings is 2. The number of nitrogens with one attached hydrogen (secondary N) is 1. The molecule has 0 fully saturated rings. The molecule has 1 amide bonds. The summed E-state index contributed by atoms with van der Waals surface area (Å²) in [4.78, 5) is 12.3. The van der Waals surface area contributed by atoms with Crippen molar-refractivity contribution in [1.82, 2.24) is 9.78 Å². The summed E-state index contributed by atoms with van der Waals surface area (Å²) in [5.74, 6) is 2.03. The Hall–Kier alpha value is -3.99. The number of aromatic nitrogens is 2. The second kappa shape index (κ2) is 9.98. The largest absolute Gasteiger partial charge is 0.493 e. The van der Waals surface area contributed by atoms with Crippen molar-refractivity contribution in [2.24, 2.45) is 0 Å². The van der Waals surface area contributed by atoms with Gasteiger partial charge < -0.3 is 19.5 Å². The molecule has 1 aromatic heterocycles. The summed E-state index contributed by atoms with van der Waals surface area (Å²) >= 11 is 0. The summed E-state index contributed by atoms with van der Waals surface area (Å²) in [6.45, 7) is 0.245. The maximum absolute atomic E-state index is 12.3. The summed E-state index contributed by atoms with van der Waals surface area (Å²) in [5.41, 5.74) is 1.76. The van der Waals surface area contributed by atoms with Crippen LogP contribution in [0.4, 0.5) is 5.82 Å². The quantitative estimate of drug-likeness (QED) is 0.587. The third-order valence-corrected chi connectivity index (χ3v) is 4.37. The van der Waals surface area contributed by atoms with Crippen molar-refractivity contribution in [3.8, 4) is 23.3 Å². The molecule has 0 unspecified atom stereocenters. The van der Waals surface area contributed by atoms with E-state index in [9.17, 15) is 4.79 Å². The number of nitrogens with zero attached hydrogens (tertiary/aromatic N) is 3. The highest BCUT2D eigenvalue weighted by atomic mass is 16.5. The fourth-order valence-corrected chi connectivity index (χ4v) is 2.93.